The van der Waals surface area contributed by atoms with Gasteiger partial charge in [0.25, 0.3) is 11.5 Å². The second kappa shape index (κ2) is 7.26. The van der Waals surface area contributed by atoms with E-state index in [1.54, 1.807) is 10.8 Å². The van der Waals surface area contributed by atoms with Crippen molar-refractivity contribution >= 4 is 16.9 Å². The lowest BCUT2D eigenvalue weighted by Gasteiger charge is -2.10. The highest BCUT2D eigenvalue weighted by molar-refractivity contribution is 5.95. The van der Waals surface area contributed by atoms with Crippen molar-refractivity contribution in [1.82, 2.24) is 19.9 Å². The van der Waals surface area contributed by atoms with E-state index in [1.165, 1.54) is 11.1 Å². The van der Waals surface area contributed by atoms with Crippen LogP contribution in [0.3, 0.4) is 0 Å². The summed E-state index contributed by atoms with van der Waals surface area (Å²) in [6.45, 7) is 6.48. The molecule has 146 valence electrons. The van der Waals surface area contributed by atoms with Gasteiger partial charge in [0.2, 0.25) is 0 Å². The molecule has 0 bridgehead atoms. The number of amides is 1. The summed E-state index contributed by atoms with van der Waals surface area (Å²) in [5.41, 5.74) is 5.30. The lowest BCUT2D eigenvalue weighted by Crippen LogP contribution is -2.34. The van der Waals surface area contributed by atoms with Crippen molar-refractivity contribution in [3.8, 4) is 0 Å². The van der Waals surface area contributed by atoms with Gasteiger partial charge >= 0.3 is 0 Å². The zero-order chi connectivity index (χ0) is 19.8. The number of aromatic amines is 1. The summed E-state index contributed by atoms with van der Waals surface area (Å²) in [6.07, 6.45) is 5.33. The Morgan fingerprint density at radius 2 is 2.00 bits per heavy atom. The Labute approximate surface area is 164 Å². The predicted octanol–water partition coefficient (Wildman–Crippen LogP) is 3.35. The smallest absolute Gasteiger partial charge is 0.263 e. The molecule has 0 atom stereocenters. The Morgan fingerprint density at radius 3 is 2.75 bits per heavy atom. The van der Waals surface area contributed by atoms with E-state index in [-0.39, 0.29) is 23.1 Å². The number of fused-ring (bicyclic) bond motifs is 1. The largest absolute Gasteiger partial charge is 0.352 e. The van der Waals surface area contributed by atoms with E-state index in [0.717, 1.165) is 48.1 Å². The molecule has 0 radical (unpaired) electrons. The number of pyridine rings is 1. The van der Waals surface area contributed by atoms with Gasteiger partial charge in [-0.25, -0.2) is 4.98 Å². The van der Waals surface area contributed by atoms with Crippen LogP contribution in [0.5, 0.6) is 0 Å². The molecule has 1 amide bonds. The van der Waals surface area contributed by atoms with Gasteiger partial charge in [0.1, 0.15) is 11.4 Å². The van der Waals surface area contributed by atoms with Crippen LogP contribution in [0.1, 0.15) is 58.2 Å². The lowest BCUT2D eigenvalue weighted by atomic mass is 10.1. The van der Waals surface area contributed by atoms with E-state index in [9.17, 15) is 9.59 Å². The maximum Gasteiger partial charge on any atom is 0.263 e. The van der Waals surface area contributed by atoms with Crippen molar-refractivity contribution in [3.63, 3.8) is 0 Å². The first kappa shape index (κ1) is 18.5. The fraction of sp³-hybridized carbons (Fsp3) is 0.409. The molecule has 1 aliphatic carbocycles. The van der Waals surface area contributed by atoms with Gasteiger partial charge in [-0.2, -0.15) is 0 Å². The summed E-state index contributed by atoms with van der Waals surface area (Å²) in [4.78, 5) is 33.2. The average molecular weight is 378 g/mol. The van der Waals surface area contributed by atoms with Crippen LogP contribution >= 0.6 is 0 Å². The van der Waals surface area contributed by atoms with Crippen LogP contribution in [0.2, 0.25) is 0 Å². The Balaban J connectivity index is 1.38. The van der Waals surface area contributed by atoms with Crippen molar-refractivity contribution in [2.24, 2.45) is 0 Å². The molecule has 2 N–H and O–H groups in total. The molecule has 0 aliphatic heterocycles. The first-order valence-corrected chi connectivity index (χ1v) is 9.90. The molecule has 4 rings (SSSR count). The zero-order valence-corrected chi connectivity index (χ0v) is 16.6. The number of H-pyrrole nitrogens is 1. The maximum atomic E-state index is 12.6. The Kier molecular flexibility index (Phi) is 4.79. The van der Waals surface area contributed by atoms with Crippen molar-refractivity contribution in [2.75, 3.05) is 6.54 Å². The molecule has 2 aromatic heterocycles. The zero-order valence-electron chi connectivity index (χ0n) is 16.6. The highest BCUT2D eigenvalue weighted by Crippen LogP contribution is 2.33. The summed E-state index contributed by atoms with van der Waals surface area (Å²) < 4.78 is 1.70. The van der Waals surface area contributed by atoms with Crippen LogP contribution < -0.4 is 10.9 Å². The second-order valence-electron chi connectivity index (χ2n) is 7.76. The monoisotopic (exact) mass is 378 g/mol. The van der Waals surface area contributed by atoms with Gasteiger partial charge in [0, 0.05) is 25.2 Å². The molecule has 1 aliphatic rings. The van der Waals surface area contributed by atoms with Crippen molar-refractivity contribution in [3.05, 3.63) is 62.8 Å². The van der Waals surface area contributed by atoms with Crippen molar-refractivity contribution in [1.29, 1.82) is 0 Å². The van der Waals surface area contributed by atoms with Gasteiger partial charge in [-0.05, 0) is 68.9 Å². The summed E-state index contributed by atoms with van der Waals surface area (Å²) in [5.74, 6) is 0.638. The van der Waals surface area contributed by atoms with E-state index in [0.29, 0.717) is 6.54 Å². The summed E-state index contributed by atoms with van der Waals surface area (Å²) in [7, 11) is 0. The molecule has 1 fully saturated rings. The van der Waals surface area contributed by atoms with Crippen LogP contribution in [0, 0.1) is 20.8 Å². The Morgan fingerprint density at radius 1 is 1.21 bits per heavy atom. The summed E-state index contributed by atoms with van der Waals surface area (Å²) >= 11 is 0. The first-order chi connectivity index (χ1) is 13.5. The first-order valence-electron chi connectivity index (χ1n) is 9.90. The van der Waals surface area contributed by atoms with Crippen LogP contribution in [-0.4, -0.2) is 27.0 Å². The molecule has 2 heterocycles. The second-order valence-corrected chi connectivity index (χ2v) is 7.76. The topological polar surface area (TPSA) is 79.8 Å². The third-order valence-electron chi connectivity index (χ3n) is 5.60. The minimum absolute atomic E-state index is 0.178. The molecule has 6 heteroatoms. The van der Waals surface area contributed by atoms with Gasteiger partial charge in [0.05, 0.1) is 11.0 Å². The van der Waals surface area contributed by atoms with Gasteiger partial charge in [-0.3, -0.25) is 9.59 Å². The fourth-order valence-corrected chi connectivity index (χ4v) is 3.59. The number of nitrogens with zero attached hydrogens (tertiary/aromatic N) is 2. The van der Waals surface area contributed by atoms with Gasteiger partial charge in [0.15, 0.2) is 0 Å². The van der Waals surface area contributed by atoms with E-state index >= 15 is 0 Å². The number of benzene rings is 1. The number of carbonyl (C=O) groups is 1. The quantitative estimate of drug-likeness (QED) is 0.646. The number of imidazole rings is 1. The van der Waals surface area contributed by atoms with E-state index < -0.39 is 0 Å². The number of rotatable bonds is 6. The molecule has 1 aromatic carbocycles. The Hall–Kier alpha value is -2.89. The molecule has 1 saturated carbocycles. The maximum absolute atomic E-state index is 12.6. The standard InChI is InChI=1S/C22H26N4O2/c1-13-6-9-17-20(15(13)3)25-18(24-17)5-4-11-23-21(27)19-14(2)10-12-26(22(19)28)16-7-8-16/h6,9-10,12,16H,4-5,7-8,11H2,1-3H3,(H,23,27)(H,24,25). The molecule has 0 spiro atoms. The molecule has 0 saturated heterocycles. The van der Waals surface area contributed by atoms with E-state index in [2.05, 4.69) is 36.3 Å². The van der Waals surface area contributed by atoms with Gasteiger partial charge in [-0.1, -0.05) is 6.07 Å². The van der Waals surface area contributed by atoms with E-state index in [1.807, 2.05) is 13.0 Å². The van der Waals surface area contributed by atoms with Gasteiger partial charge < -0.3 is 14.9 Å². The Bertz CT molecular complexity index is 1110. The number of aryl methyl sites for hydroxylation is 4. The van der Waals surface area contributed by atoms with Crippen LogP contribution in [0.15, 0.2) is 29.2 Å². The normalized spacial score (nSPS) is 13.8. The van der Waals surface area contributed by atoms with Crippen LogP contribution in [0.4, 0.5) is 0 Å². The average Bonchev–Trinajstić information content (AvgIpc) is 3.41. The number of hydrogen-bond donors (Lipinski definition) is 2. The lowest BCUT2D eigenvalue weighted by molar-refractivity contribution is 0.0950. The molecule has 28 heavy (non-hydrogen) atoms. The third-order valence-corrected chi connectivity index (χ3v) is 5.60. The SMILES string of the molecule is Cc1ccn(C2CC2)c(=O)c1C(=O)NCCCc1nc2c(C)c(C)ccc2[nH]1. The minimum Gasteiger partial charge on any atom is -0.352 e. The number of aromatic nitrogens is 3. The number of carbonyl (C=O) groups excluding carboxylic acids is 1. The van der Waals surface area contributed by atoms with E-state index in [4.69, 9.17) is 4.98 Å². The number of hydrogen-bond acceptors (Lipinski definition) is 3. The molecule has 3 aromatic rings. The highest BCUT2D eigenvalue weighted by Gasteiger charge is 2.26. The molecular formula is C22H26N4O2. The number of nitrogens with one attached hydrogen (secondary N) is 2. The predicted molar refractivity (Wildman–Crippen MR) is 110 cm³/mol. The molecule has 0 unspecified atom stereocenters. The fourth-order valence-electron chi connectivity index (χ4n) is 3.59. The minimum atomic E-state index is -0.284. The highest BCUT2D eigenvalue weighted by atomic mass is 16.2. The van der Waals surface area contributed by atoms with Gasteiger partial charge in [-0.15, -0.1) is 0 Å². The third kappa shape index (κ3) is 3.46. The molecular weight excluding hydrogens is 352 g/mol. The van der Waals surface area contributed by atoms with Crippen molar-refractivity contribution < 1.29 is 4.79 Å². The summed E-state index contributed by atoms with van der Waals surface area (Å²) in [6, 6.07) is 6.27. The van der Waals surface area contributed by atoms with Crippen molar-refractivity contribution in [2.45, 2.75) is 52.5 Å². The van der Waals surface area contributed by atoms with Crippen LogP contribution in [0.25, 0.3) is 11.0 Å². The molecule has 6 nitrogen and oxygen atoms in total. The summed E-state index contributed by atoms with van der Waals surface area (Å²) in [5, 5.41) is 2.90. The van der Waals surface area contributed by atoms with Crippen LogP contribution in [-0.2, 0) is 6.42 Å².